The fourth-order valence-electron chi connectivity index (χ4n) is 0.858. The minimum Gasteiger partial charge on any atom is -0.401 e. The summed E-state index contributed by atoms with van der Waals surface area (Å²) in [6.07, 6.45) is 2.60. The number of hydrogen-bond acceptors (Lipinski definition) is 3. The van der Waals surface area contributed by atoms with Crippen LogP contribution >= 0.6 is 0 Å². The molecule has 4 heteroatoms. The fraction of sp³-hybridized carbons (Fsp3) is 0.700. The average Bonchev–Trinajstić information content (AvgIpc) is 2.02. The maximum atomic E-state index is 10.6. The number of nitrogens with zero attached hydrogens (tertiary/aromatic N) is 1. The Labute approximate surface area is 86.1 Å². The third-order valence-electron chi connectivity index (χ3n) is 1.97. The van der Waals surface area contributed by atoms with Gasteiger partial charge in [0.25, 0.3) is 0 Å². The van der Waals surface area contributed by atoms with E-state index in [1.54, 1.807) is 0 Å². The first-order chi connectivity index (χ1) is 6.43. The van der Waals surface area contributed by atoms with Crippen LogP contribution in [0.25, 0.3) is 0 Å². The zero-order valence-electron chi connectivity index (χ0n) is 9.50. The first kappa shape index (κ1) is 12.8. The number of nitrogens with two attached hydrogens (primary N) is 1. The molecule has 82 valence electrons. The van der Waals surface area contributed by atoms with Crippen molar-refractivity contribution >= 4 is 5.91 Å². The number of hydrogen-bond donors (Lipinski definition) is 2. The lowest BCUT2D eigenvalue weighted by atomic mass is 10.3. The molecule has 0 unspecified atom stereocenters. The summed E-state index contributed by atoms with van der Waals surface area (Å²) in [4.78, 5) is 12.6. The van der Waals surface area contributed by atoms with Crippen LogP contribution in [0.3, 0.4) is 0 Å². The van der Waals surface area contributed by atoms with Gasteiger partial charge in [0.1, 0.15) is 0 Å². The minimum absolute atomic E-state index is 0.0185. The quantitative estimate of drug-likeness (QED) is 0.683. The van der Waals surface area contributed by atoms with E-state index in [0.717, 1.165) is 5.70 Å². The van der Waals surface area contributed by atoms with Crippen molar-refractivity contribution in [3.63, 3.8) is 0 Å². The molecule has 0 radical (unpaired) electrons. The summed E-state index contributed by atoms with van der Waals surface area (Å²) in [5, 5.41) is 2.70. The second-order valence-corrected chi connectivity index (χ2v) is 3.70. The monoisotopic (exact) mass is 199 g/mol. The zero-order valence-corrected chi connectivity index (χ0v) is 9.50. The van der Waals surface area contributed by atoms with Crippen molar-refractivity contribution in [2.45, 2.75) is 33.2 Å². The number of nitrogens with one attached hydrogen (secondary N) is 1. The zero-order chi connectivity index (χ0) is 11.1. The van der Waals surface area contributed by atoms with Gasteiger partial charge in [-0.15, -0.1) is 0 Å². The summed E-state index contributed by atoms with van der Waals surface area (Å²) in [7, 11) is 1.98. The van der Waals surface area contributed by atoms with E-state index in [1.165, 1.54) is 6.92 Å². The first-order valence-electron chi connectivity index (χ1n) is 4.86. The van der Waals surface area contributed by atoms with Crippen LogP contribution in [0.4, 0.5) is 0 Å². The Bertz CT molecular complexity index is 211. The summed E-state index contributed by atoms with van der Waals surface area (Å²) in [6, 6.07) is 0.439. The molecule has 0 aromatic rings. The molecule has 0 spiro atoms. The highest BCUT2D eigenvalue weighted by Crippen LogP contribution is 1.98. The normalized spacial score (nSPS) is 11.6. The van der Waals surface area contributed by atoms with E-state index in [4.69, 9.17) is 5.73 Å². The van der Waals surface area contributed by atoms with E-state index in [-0.39, 0.29) is 5.91 Å². The van der Waals surface area contributed by atoms with Crippen LogP contribution in [0, 0.1) is 0 Å². The molecule has 0 saturated carbocycles. The van der Waals surface area contributed by atoms with E-state index < -0.39 is 0 Å². The molecule has 0 atom stereocenters. The first-order valence-corrected chi connectivity index (χ1v) is 4.86. The summed E-state index contributed by atoms with van der Waals surface area (Å²) in [5.74, 6) is -0.0185. The molecular weight excluding hydrogens is 178 g/mol. The molecule has 14 heavy (non-hydrogen) atoms. The van der Waals surface area contributed by atoms with Crippen LogP contribution < -0.4 is 11.1 Å². The molecule has 0 aliphatic carbocycles. The van der Waals surface area contributed by atoms with E-state index >= 15 is 0 Å². The fourth-order valence-corrected chi connectivity index (χ4v) is 0.858. The molecule has 0 rings (SSSR count). The molecule has 0 saturated heterocycles. The largest absolute Gasteiger partial charge is 0.401 e. The van der Waals surface area contributed by atoms with E-state index in [1.807, 2.05) is 18.1 Å². The van der Waals surface area contributed by atoms with Crippen molar-refractivity contribution in [3.8, 4) is 0 Å². The van der Waals surface area contributed by atoms with Crippen molar-refractivity contribution in [3.05, 3.63) is 11.9 Å². The molecule has 0 aliphatic heterocycles. The van der Waals surface area contributed by atoms with Gasteiger partial charge in [0.15, 0.2) is 0 Å². The molecule has 0 aromatic carbocycles. The Kier molecular flexibility index (Phi) is 5.76. The predicted molar refractivity (Wildman–Crippen MR) is 58.5 cm³/mol. The third-order valence-corrected chi connectivity index (χ3v) is 1.97. The highest BCUT2D eigenvalue weighted by molar-refractivity contribution is 5.72. The minimum atomic E-state index is -0.0185. The third kappa shape index (κ3) is 6.34. The second kappa shape index (κ2) is 6.29. The van der Waals surface area contributed by atoms with Gasteiger partial charge in [-0.2, -0.15) is 0 Å². The van der Waals surface area contributed by atoms with E-state index in [0.29, 0.717) is 19.0 Å². The van der Waals surface area contributed by atoms with Crippen molar-refractivity contribution in [1.82, 2.24) is 10.2 Å². The van der Waals surface area contributed by atoms with Gasteiger partial charge in [-0.3, -0.25) is 4.79 Å². The van der Waals surface area contributed by atoms with Crippen molar-refractivity contribution in [1.29, 1.82) is 0 Å². The molecular formula is C10H21N3O. The second-order valence-electron chi connectivity index (χ2n) is 3.70. The lowest BCUT2D eigenvalue weighted by Gasteiger charge is -2.19. The van der Waals surface area contributed by atoms with Gasteiger partial charge in [-0.1, -0.05) is 0 Å². The molecule has 0 heterocycles. The van der Waals surface area contributed by atoms with Gasteiger partial charge in [0, 0.05) is 44.9 Å². The average molecular weight is 199 g/mol. The maximum Gasteiger partial charge on any atom is 0.216 e. The molecule has 0 aromatic heterocycles. The predicted octanol–water partition coefficient (Wildman–Crippen LogP) is 0.653. The van der Waals surface area contributed by atoms with Crippen molar-refractivity contribution < 1.29 is 4.79 Å². The van der Waals surface area contributed by atoms with E-state index in [9.17, 15) is 4.79 Å². The lowest BCUT2D eigenvalue weighted by molar-refractivity contribution is -0.118. The highest BCUT2D eigenvalue weighted by atomic mass is 16.1. The molecule has 1 amide bonds. The smallest absolute Gasteiger partial charge is 0.216 e. The molecule has 3 N–H and O–H groups in total. The Morgan fingerprint density at radius 3 is 2.57 bits per heavy atom. The SMILES string of the molecule is CC(=O)NCC/C(N)=C/N(C)C(C)C. The van der Waals surface area contributed by atoms with Crippen LogP contribution in [-0.4, -0.2) is 30.4 Å². The Hall–Kier alpha value is -1.19. The number of carbonyl (C=O) groups excluding carboxylic acids is 1. The molecule has 0 bridgehead atoms. The van der Waals surface area contributed by atoms with Gasteiger partial charge in [0.05, 0.1) is 0 Å². The summed E-state index contributed by atoms with van der Waals surface area (Å²) in [5.41, 5.74) is 6.55. The molecule has 0 aliphatic rings. The van der Waals surface area contributed by atoms with Gasteiger partial charge >= 0.3 is 0 Å². The number of carbonyl (C=O) groups is 1. The van der Waals surface area contributed by atoms with Crippen molar-refractivity contribution in [2.75, 3.05) is 13.6 Å². The van der Waals surface area contributed by atoms with Crippen LogP contribution in [-0.2, 0) is 4.79 Å². The Balaban J connectivity index is 3.83. The summed E-state index contributed by atoms with van der Waals surface area (Å²) in [6.45, 7) is 6.29. The molecule has 4 nitrogen and oxygen atoms in total. The summed E-state index contributed by atoms with van der Waals surface area (Å²) >= 11 is 0. The lowest BCUT2D eigenvalue weighted by Crippen LogP contribution is -2.25. The van der Waals surface area contributed by atoms with Crippen LogP contribution in [0.5, 0.6) is 0 Å². The highest BCUT2D eigenvalue weighted by Gasteiger charge is 1.99. The molecule has 0 fully saturated rings. The van der Waals surface area contributed by atoms with E-state index in [2.05, 4.69) is 19.2 Å². The van der Waals surface area contributed by atoms with Gasteiger partial charge < -0.3 is 16.0 Å². The van der Waals surface area contributed by atoms with Crippen LogP contribution in [0.15, 0.2) is 11.9 Å². The maximum absolute atomic E-state index is 10.6. The Morgan fingerprint density at radius 2 is 2.14 bits per heavy atom. The van der Waals surface area contributed by atoms with Crippen LogP contribution in [0.2, 0.25) is 0 Å². The standard InChI is InChI=1S/C10H21N3O/c1-8(2)13(4)7-10(11)5-6-12-9(3)14/h7-8H,5-6,11H2,1-4H3,(H,12,14)/b10-7-. The Morgan fingerprint density at radius 1 is 1.57 bits per heavy atom. The van der Waals surface area contributed by atoms with Gasteiger partial charge in [-0.25, -0.2) is 0 Å². The van der Waals surface area contributed by atoms with Crippen molar-refractivity contribution in [2.24, 2.45) is 5.73 Å². The van der Waals surface area contributed by atoms with Crippen LogP contribution in [0.1, 0.15) is 27.2 Å². The number of rotatable bonds is 5. The van der Waals surface area contributed by atoms with Gasteiger partial charge in [0.2, 0.25) is 5.91 Å². The van der Waals surface area contributed by atoms with Gasteiger partial charge in [-0.05, 0) is 13.8 Å². The topological polar surface area (TPSA) is 58.4 Å². The summed E-state index contributed by atoms with van der Waals surface area (Å²) < 4.78 is 0. The number of amides is 1.